The molecule has 0 aromatic heterocycles. The second kappa shape index (κ2) is 7.64. The van der Waals surface area contributed by atoms with Crippen LogP contribution in [0.25, 0.3) is 0 Å². The van der Waals surface area contributed by atoms with E-state index in [9.17, 15) is 0 Å². The SMILES string of the molecule is CN(C)C1=CCC(CC(=NNc2ccccc2)c2ccccc2)=C1. The number of benzene rings is 2. The summed E-state index contributed by atoms with van der Waals surface area (Å²) >= 11 is 0. The van der Waals surface area contributed by atoms with Crippen molar-refractivity contribution in [3.05, 3.63) is 89.6 Å². The summed E-state index contributed by atoms with van der Waals surface area (Å²) in [5.74, 6) is 0. The first kappa shape index (κ1) is 16.1. The fourth-order valence-corrected chi connectivity index (χ4v) is 2.69. The third-order valence-electron chi connectivity index (χ3n) is 4.04. The van der Waals surface area contributed by atoms with Crippen LogP contribution in [0.5, 0.6) is 0 Å². The highest BCUT2D eigenvalue weighted by molar-refractivity contribution is 6.02. The van der Waals surface area contributed by atoms with E-state index in [0.29, 0.717) is 0 Å². The molecule has 0 aliphatic heterocycles. The average molecular weight is 317 g/mol. The minimum atomic E-state index is 0.845. The lowest BCUT2D eigenvalue weighted by molar-refractivity contribution is 0.531. The molecule has 0 amide bonds. The monoisotopic (exact) mass is 317 g/mol. The van der Waals surface area contributed by atoms with Gasteiger partial charge >= 0.3 is 0 Å². The van der Waals surface area contributed by atoms with Crippen LogP contribution < -0.4 is 5.43 Å². The predicted octanol–water partition coefficient (Wildman–Crippen LogP) is 4.67. The lowest BCUT2D eigenvalue weighted by atomic mass is 10.0. The molecule has 24 heavy (non-hydrogen) atoms. The first-order valence-electron chi connectivity index (χ1n) is 8.22. The molecule has 3 rings (SSSR count). The molecule has 0 radical (unpaired) electrons. The number of para-hydroxylation sites is 1. The highest BCUT2D eigenvalue weighted by Gasteiger charge is 2.12. The standard InChI is InChI=1S/C21H23N3/c1-24(2)20-14-13-17(15-20)16-21(18-9-5-3-6-10-18)23-22-19-11-7-4-8-12-19/h3-12,14-15,22H,13,16H2,1-2H3. The van der Waals surface area contributed by atoms with Gasteiger partial charge in [-0.1, -0.05) is 60.2 Å². The second-order valence-corrected chi connectivity index (χ2v) is 6.11. The van der Waals surface area contributed by atoms with E-state index in [0.717, 1.165) is 29.8 Å². The van der Waals surface area contributed by atoms with Crippen LogP contribution in [-0.2, 0) is 0 Å². The van der Waals surface area contributed by atoms with E-state index in [4.69, 9.17) is 0 Å². The maximum atomic E-state index is 4.69. The zero-order chi connectivity index (χ0) is 16.8. The smallest absolute Gasteiger partial charge is 0.0720 e. The molecule has 3 heteroatoms. The number of allylic oxidation sites excluding steroid dienone is 3. The largest absolute Gasteiger partial charge is 0.378 e. The normalized spacial score (nSPS) is 14.2. The molecule has 1 aliphatic carbocycles. The quantitative estimate of drug-likeness (QED) is 0.619. The lowest BCUT2D eigenvalue weighted by Crippen LogP contribution is -2.08. The highest BCUT2D eigenvalue weighted by Crippen LogP contribution is 2.23. The molecule has 0 unspecified atom stereocenters. The number of rotatable bonds is 6. The molecule has 3 nitrogen and oxygen atoms in total. The first-order valence-corrected chi connectivity index (χ1v) is 8.22. The van der Waals surface area contributed by atoms with Crippen molar-refractivity contribution in [3.8, 4) is 0 Å². The number of hydrazone groups is 1. The number of likely N-dealkylation sites (N-methyl/N-ethyl adjacent to an activating group) is 1. The van der Waals surface area contributed by atoms with Gasteiger partial charge in [0, 0.05) is 26.2 Å². The van der Waals surface area contributed by atoms with E-state index < -0.39 is 0 Å². The van der Waals surface area contributed by atoms with Gasteiger partial charge in [0.15, 0.2) is 0 Å². The van der Waals surface area contributed by atoms with Crippen LogP contribution in [-0.4, -0.2) is 24.7 Å². The minimum Gasteiger partial charge on any atom is -0.378 e. The van der Waals surface area contributed by atoms with Gasteiger partial charge in [0.2, 0.25) is 0 Å². The van der Waals surface area contributed by atoms with Gasteiger partial charge in [-0.2, -0.15) is 5.10 Å². The Kier molecular flexibility index (Phi) is 5.12. The van der Waals surface area contributed by atoms with Crippen LogP contribution in [0, 0.1) is 0 Å². The van der Waals surface area contributed by atoms with Gasteiger partial charge in [-0.15, -0.1) is 0 Å². The van der Waals surface area contributed by atoms with E-state index in [1.54, 1.807) is 0 Å². The van der Waals surface area contributed by atoms with Crippen molar-refractivity contribution >= 4 is 11.4 Å². The van der Waals surface area contributed by atoms with Gasteiger partial charge in [0.05, 0.1) is 11.4 Å². The zero-order valence-corrected chi connectivity index (χ0v) is 14.2. The van der Waals surface area contributed by atoms with Gasteiger partial charge in [0.25, 0.3) is 0 Å². The summed E-state index contributed by atoms with van der Waals surface area (Å²) < 4.78 is 0. The van der Waals surface area contributed by atoms with E-state index in [1.165, 1.54) is 11.3 Å². The van der Waals surface area contributed by atoms with Crippen LogP contribution in [0.15, 0.2) is 89.2 Å². The molecule has 2 aromatic carbocycles. The maximum absolute atomic E-state index is 4.69. The Bertz CT molecular complexity index is 756. The van der Waals surface area contributed by atoms with Gasteiger partial charge < -0.3 is 4.90 Å². The molecule has 1 aliphatic rings. The van der Waals surface area contributed by atoms with Crippen molar-refractivity contribution in [1.82, 2.24) is 4.90 Å². The van der Waals surface area contributed by atoms with E-state index in [1.807, 2.05) is 36.4 Å². The number of anilines is 1. The Morgan fingerprint density at radius 1 is 1.00 bits per heavy atom. The zero-order valence-electron chi connectivity index (χ0n) is 14.2. The van der Waals surface area contributed by atoms with Crippen LogP contribution >= 0.6 is 0 Å². The average Bonchev–Trinajstić information content (AvgIpc) is 3.09. The number of hydrogen-bond donors (Lipinski definition) is 1. The van der Waals surface area contributed by atoms with Crippen molar-refractivity contribution < 1.29 is 0 Å². The van der Waals surface area contributed by atoms with Crippen molar-refractivity contribution in [2.75, 3.05) is 19.5 Å². The number of hydrogen-bond acceptors (Lipinski definition) is 3. The van der Waals surface area contributed by atoms with Crippen LogP contribution in [0.2, 0.25) is 0 Å². The van der Waals surface area contributed by atoms with Gasteiger partial charge in [-0.05, 0) is 30.2 Å². The third-order valence-corrected chi connectivity index (χ3v) is 4.04. The summed E-state index contributed by atoms with van der Waals surface area (Å²) in [4.78, 5) is 2.15. The topological polar surface area (TPSA) is 27.6 Å². The maximum Gasteiger partial charge on any atom is 0.0720 e. The Labute approximate surface area is 144 Å². The molecule has 0 heterocycles. The summed E-state index contributed by atoms with van der Waals surface area (Å²) in [6, 6.07) is 20.4. The van der Waals surface area contributed by atoms with Crippen LogP contribution in [0.1, 0.15) is 18.4 Å². The molecule has 0 saturated heterocycles. The highest BCUT2D eigenvalue weighted by atomic mass is 15.3. The van der Waals surface area contributed by atoms with E-state index in [-0.39, 0.29) is 0 Å². The minimum absolute atomic E-state index is 0.845. The summed E-state index contributed by atoms with van der Waals surface area (Å²) in [5.41, 5.74) is 9.05. The summed E-state index contributed by atoms with van der Waals surface area (Å²) in [5, 5.41) is 4.69. The van der Waals surface area contributed by atoms with Crippen molar-refractivity contribution in [2.24, 2.45) is 5.10 Å². The van der Waals surface area contributed by atoms with Crippen molar-refractivity contribution in [2.45, 2.75) is 12.8 Å². The summed E-state index contributed by atoms with van der Waals surface area (Å²) in [6.07, 6.45) is 6.37. The molecule has 0 bridgehead atoms. The molecular formula is C21H23N3. The fourth-order valence-electron chi connectivity index (χ4n) is 2.69. The van der Waals surface area contributed by atoms with Gasteiger partial charge in [0.1, 0.15) is 0 Å². The molecule has 2 aromatic rings. The second-order valence-electron chi connectivity index (χ2n) is 6.11. The number of nitrogens with zero attached hydrogens (tertiary/aromatic N) is 2. The molecule has 0 fully saturated rings. The summed E-state index contributed by atoms with van der Waals surface area (Å²) in [6.45, 7) is 0. The van der Waals surface area contributed by atoms with E-state index >= 15 is 0 Å². The van der Waals surface area contributed by atoms with Crippen molar-refractivity contribution in [1.29, 1.82) is 0 Å². The summed E-state index contributed by atoms with van der Waals surface area (Å²) in [7, 11) is 4.16. The third kappa shape index (κ3) is 4.13. The van der Waals surface area contributed by atoms with E-state index in [2.05, 4.69) is 65.9 Å². The Morgan fingerprint density at radius 3 is 2.29 bits per heavy atom. The fraction of sp³-hybridized carbons (Fsp3) is 0.190. The van der Waals surface area contributed by atoms with Crippen LogP contribution in [0.4, 0.5) is 5.69 Å². The first-order chi connectivity index (χ1) is 11.7. The Balaban J connectivity index is 1.80. The Hall–Kier alpha value is -2.81. The molecule has 1 N–H and O–H groups in total. The molecule has 0 saturated carbocycles. The Morgan fingerprint density at radius 2 is 1.67 bits per heavy atom. The van der Waals surface area contributed by atoms with Crippen molar-refractivity contribution in [3.63, 3.8) is 0 Å². The number of nitrogens with one attached hydrogen (secondary N) is 1. The molecule has 0 spiro atoms. The molecular weight excluding hydrogens is 294 g/mol. The molecule has 122 valence electrons. The van der Waals surface area contributed by atoms with Gasteiger partial charge in [-0.3, -0.25) is 5.43 Å². The van der Waals surface area contributed by atoms with Crippen LogP contribution in [0.3, 0.4) is 0 Å². The predicted molar refractivity (Wildman–Crippen MR) is 102 cm³/mol. The van der Waals surface area contributed by atoms with Gasteiger partial charge in [-0.25, -0.2) is 0 Å². The lowest BCUT2D eigenvalue weighted by Gasteiger charge is -2.11. The molecule has 0 atom stereocenters.